The van der Waals surface area contributed by atoms with E-state index in [9.17, 15) is 0 Å². The van der Waals surface area contributed by atoms with Crippen molar-refractivity contribution in [1.29, 1.82) is 0 Å². The van der Waals surface area contributed by atoms with Gasteiger partial charge in [0, 0.05) is 16.5 Å². The van der Waals surface area contributed by atoms with Crippen molar-refractivity contribution < 1.29 is 0 Å². The summed E-state index contributed by atoms with van der Waals surface area (Å²) in [4.78, 5) is 0. The van der Waals surface area contributed by atoms with Gasteiger partial charge >= 0.3 is 0 Å². The smallest absolute Gasteiger partial charge is 0.176 e. The lowest BCUT2D eigenvalue weighted by Gasteiger charge is -2.04. The Morgan fingerprint density at radius 1 is 1.33 bits per heavy atom. The number of aromatic nitrogens is 2. The second kappa shape index (κ2) is 6.10. The molecule has 1 aromatic heterocycles. The molecule has 1 heterocycles. The summed E-state index contributed by atoms with van der Waals surface area (Å²) in [5.74, 6) is 0.712. The van der Waals surface area contributed by atoms with Gasteiger partial charge in [-0.25, -0.2) is 0 Å². The number of rotatable bonds is 5. The molecule has 0 aliphatic carbocycles. The highest BCUT2D eigenvalue weighted by Crippen LogP contribution is 2.19. The molecule has 2 aromatic rings. The molecule has 0 atom stereocenters. The third kappa shape index (κ3) is 3.03. The zero-order chi connectivity index (χ0) is 12.8. The fourth-order valence-electron chi connectivity index (χ4n) is 1.75. The summed E-state index contributed by atoms with van der Waals surface area (Å²) in [5.41, 5.74) is 4.10. The van der Waals surface area contributed by atoms with Crippen molar-refractivity contribution in [3.8, 4) is 0 Å². The van der Waals surface area contributed by atoms with Gasteiger partial charge in [0.25, 0.3) is 0 Å². The number of anilines is 1. The highest BCUT2D eigenvalue weighted by molar-refractivity contribution is 5.91. The molecule has 0 spiro atoms. The second-order valence-electron chi connectivity index (χ2n) is 4.34. The van der Waals surface area contributed by atoms with E-state index in [-0.39, 0.29) is 0 Å². The second-order valence-corrected chi connectivity index (χ2v) is 4.34. The topological polar surface area (TPSA) is 50.2 Å². The van der Waals surface area contributed by atoms with Crippen molar-refractivity contribution in [2.45, 2.75) is 33.1 Å². The highest BCUT2D eigenvalue weighted by Gasteiger charge is 2.01. The summed E-state index contributed by atoms with van der Waals surface area (Å²) in [6.07, 6.45) is 5.12. The predicted octanol–water partition coefficient (Wildman–Crippen LogP) is 3.61. The van der Waals surface area contributed by atoms with Gasteiger partial charge < -0.3 is 0 Å². The summed E-state index contributed by atoms with van der Waals surface area (Å²) in [5, 5.41) is 14.5. The standard InChI is InChI=1S/C14H18N4/c1-3-4-7-11(2)16-18-14-13-9-6-5-8-12(13)10-15-17-14/h5-6,8-10H,3-4,7H2,1-2H3,(H,17,18)/b16-11-. The van der Waals surface area contributed by atoms with E-state index in [1.807, 2.05) is 31.2 Å². The van der Waals surface area contributed by atoms with Crippen molar-refractivity contribution in [3.63, 3.8) is 0 Å². The summed E-state index contributed by atoms with van der Waals surface area (Å²) >= 11 is 0. The Morgan fingerprint density at radius 2 is 2.17 bits per heavy atom. The van der Waals surface area contributed by atoms with Crippen molar-refractivity contribution in [2.24, 2.45) is 5.10 Å². The Labute approximate surface area is 107 Å². The average Bonchev–Trinajstić information content (AvgIpc) is 2.42. The highest BCUT2D eigenvalue weighted by atomic mass is 15.3. The number of fused-ring (bicyclic) bond motifs is 1. The van der Waals surface area contributed by atoms with Crippen LogP contribution in [0.2, 0.25) is 0 Å². The van der Waals surface area contributed by atoms with E-state index in [0.29, 0.717) is 5.82 Å². The van der Waals surface area contributed by atoms with Gasteiger partial charge in [0.1, 0.15) is 0 Å². The van der Waals surface area contributed by atoms with E-state index in [1.54, 1.807) is 6.20 Å². The summed E-state index contributed by atoms with van der Waals surface area (Å²) < 4.78 is 0. The molecule has 0 aliphatic rings. The Bertz CT molecular complexity index is 543. The lowest BCUT2D eigenvalue weighted by molar-refractivity contribution is 0.831. The molecular weight excluding hydrogens is 224 g/mol. The van der Waals surface area contributed by atoms with E-state index < -0.39 is 0 Å². The van der Waals surface area contributed by atoms with Gasteiger partial charge in [-0.05, 0) is 19.8 Å². The van der Waals surface area contributed by atoms with Gasteiger partial charge in [-0.15, -0.1) is 5.10 Å². The minimum Gasteiger partial charge on any atom is -0.259 e. The molecule has 1 N–H and O–H groups in total. The van der Waals surface area contributed by atoms with Crippen LogP contribution in [0.1, 0.15) is 33.1 Å². The molecule has 0 saturated heterocycles. The summed E-state index contributed by atoms with van der Waals surface area (Å²) in [6, 6.07) is 8.01. The van der Waals surface area contributed by atoms with Crippen LogP contribution in [0.25, 0.3) is 10.8 Å². The first-order valence-corrected chi connectivity index (χ1v) is 6.31. The Morgan fingerprint density at radius 3 is 3.00 bits per heavy atom. The quantitative estimate of drug-likeness (QED) is 0.643. The van der Waals surface area contributed by atoms with E-state index in [2.05, 4.69) is 27.6 Å². The molecule has 94 valence electrons. The molecule has 0 fully saturated rings. The number of hydrogen-bond acceptors (Lipinski definition) is 4. The van der Waals surface area contributed by atoms with Crippen LogP contribution in [0.4, 0.5) is 5.82 Å². The zero-order valence-electron chi connectivity index (χ0n) is 10.8. The number of hydrogen-bond donors (Lipinski definition) is 1. The van der Waals surface area contributed by atoms with Crippen LogP contribution in [0.5, 0.6) is 0 Å². The molecule has 2 rings (SSSR count). The van der Waals surface area contributed by atoms with E-state index in [1.165, 1.54) is 6.42 Å². The van der Waals surface area contributed by atoms with Gasteiger partial charge in [0.15, 0.2) is 5.82 Å². The maximum Gasteiger partial charge on any atom is 0.176 e. The maximum atomic E-state index is 4.35. The third-order valence-corrected chi connectivity index (χ3v) is 2.82. The van der Waals surface area contributed by atoms with Crippen LogP contribution >= 0.6 is 0 Å². The minimum atomic E-state index is 0.712. The maximum absolute atomic E-state index is 4.35. The molecule has 1 aromatic carbocycles. The Hall–Kier alpha value is -1.97. The number of nitrogens with zero attached hydrogens (tertiary/aromatic N) is 3. The molecule has 0 saturated carbocycles. The Kier molecular flexibility index (Phi) is 4.23. The first kappa shape index (κ1) is 12.5. The molecule has 0 aliphatic heterocycles. The Balaban J connectivity index is 2.17. The van der Waals surface area contributed by atoms with Crippen molar-refractivity contribution >= 4 is 22.3 Å². The van der Waals surface area contributed by atoms with Crippen molar-refractivity contribution in [1.82, 2.24) is 10.2 Å². The third-order valence-electron chi connectivity index (χ3n) is 2.82. The van der Waals surface area contributed by atoms with Gasteiger partial charge in [-0.1, -0.05) is 37.6 Å². The molecule has 18 heavy (non-hydrogen) atoms. The zero-order valence-corrected chi connectivity index (χ0v) is 10.8. The molecule has 0 amide bonds. The lowest BCUT2D eigenvalue weighted by Crippen LogP contribution is -2.00. The average molecular weight is 242 g/mol. The lowest BCUT2D eigenvalue weighted by atomic mass is 10.2. The van der Waals surface area contributed by atoms with Crippen LogP contribution in [0.15, 0.2) is 35.6 Å². The number of hydrazone groups is 1. The number of nitrogens with one attached hydrogen (secondary N) is 1. The van der Waals surface area contributed by atoms with Gasteiger partial charge in [0.2, 0.25) is 0 Å². The van der Waals surface area contributed by atoms with E-state index in [0.717, 1.165) is 29.3 Å². The monoisotopic (exact) mass is 242 g/mol. The van der Waals surface area contributed by atoms with E-state index >= 15 is 0 Å². The largest absolute Gasteiger partial charge is 0.259 e. The first-order valence-electron chi connectivity index (χ1n) is 6.31. The van der Waals surface area contributed by atoms with Gasteiger partial charge in [-0.3, -0.25) is 5.43 Å². The molecule has 0 unspecified atom stereocenters. The molecule has 0 radical (unpaired) electrons. The van der Waals surface area contributed by atoms with Gasteiger partial charge in [-0.2, -0.15) is 10.2 Å². The minimum absolute atomic E-state index is 0.712. The van der Waals surface area contributed by atoms with Crippen LogP contribution in [0.3, 0.4) is 0 Å². The van der Waals surface area contributed by atoms with Crippen LogP contribution in [-0.2, 0) is 0 Å². The molecular formula is C14H18N4. The first-order chi connectivity index (χ1) is 8.81. The number of unbranched alkanes of at least 4 members (excludes halogenated alkanes) is 1. The fourth-order valence-corrected chi connectivity index (χ4v) is 1.75. The number of benzene rings is 1. The molecule has 0 bridgehead atoms. The fraction of sp³-hybridized carbons (Fsp3) is 0.357. The van der Waals surface area contributed by atoms with Crippen molar-refractivity contribution in [2.75, 3.05) is 5.43 Å². The van der Waals surface area contributed by atoms with Crippen LogP contribution in [0, 0.1) is 0 Å². The SMILES string of the molecule is CCCC/C(C)=N\Nc1nncc2ccccc12. The molecule has 4 heteroatoms. The van der Waals surface area contributed by atoms with E-state index in [4.69, 9.17) is 0 Å². The van der Waals surface area contributed by atoms with Crippen LogP contribution < -0.4 is 5.43 Å². The molecule has 4 nitrogen and oxygen atoms in total. The summed E-state index contributed by atoms with van der Waals surface area (Å²) in [6.45, 7) is 4.21. The normalized spacial score (nSPS) is 11.8. The van der Waals surface area contributed by atoms with Crippen LogP contribution in [-0.4, -0.2) is 15.9 Å². The van der Waals surface area contributed by atoms with Gasteiger partial charge in [0.05, 0.1) is 6.20 Å². The predicted molar refractivity (Wildman–Crippen MR) is 75.8 cm³/mol. The summed E-state index contributed by atoms with van der Waals surface area (Å²) in [7, 11) is 0. The van der Waals surface area contributed by atoms with Crippen molar-refractivity contribution in [3.05, 3.63) is 30.5 Å².